The van der Waals surface area contributed by atoms with Crippen molar-refractivity contribution >= 4 is 17.5 Å². The first-order chi connectivity index (χ1) is 19.2. The van der Waals surface area contributed by atoms with E-state index in [4.69, 9.17) is 10.7 Å². The van der Waals surface area contributed by atoms with E-state index in [9.17, 15) is 9.59 Å². The molecule has 2 saturated carbocycles. The van der Waals surface area contributed by atoms with Crippen molar-refractivity contribution in [2.45, 2.75) is 76.8 Å². The number of carbonyl (C=O) groups is 2. The average Bonchev–Trinajstić information content (AvgIpc) is 2.92. The second-order valence-electron chi connectivity index (χ2n) is 12.3. The van der Waals surface area contributed by atoms with E-state index in [-0.39, 0.29) is 11.8 Å². The monoisotopic (exact) mass is 538 g/mol. The van der Waals surface area contributed by atoms with E-state index in [0.717, 1.165) is 66.5 Å². The lowest BCUT2D eigenvalue weighted by atomic mass is 9.81. The highest BCUT2D eigenvalue weighted by Gasteiger charge is 2.33. The van der Waals surface area contributed by atoms with Gasteiger partial charge in [0.1, 0.15) is 0 Å². The predicted octanol–water partition coefficient (Wildman–Crippen LogP) is 6.76. The normalized spacial score (nSPS) is 19.5. The summed E-state index contributed by atoms with van der Waals surface area (Å²) in [5.41, 5.74) is 11.5. The molecule has 3 aromatic rings. The summed E-state index contributed by atoms with van der Waals surface area (Å²) in [4.78, 5) is 32.5. The molecule has 0 bridgehead atoms. The number of nitrogens with one attached hydrogen (secondary N) is 1. The van der Waals surface area contributed by atoms with Gasteiger partial charge in [0.15, 0.2) is 0 Å². The van der Waals surface area contributed by atoms with Crippen LogP contribution in [0.15, 0.2) is 66.9 Å². The van der Waals surface area contributed by atoms with Gasteiger partial charge < -0.3 is 16.0 Å². The van der Waals surface area contributed by atoms with E-state index in [0.29, 0.717) is 30.0 Å². The van der Waals surface area contributed by atoms with Gasteiger partial charge in [-0.15, -0.1) is 0 Å². The molecule has 40 heavy (non-hydrogen) atoms. The van der Waals surface area contributed by atoms with Crippen LogP contribution in [0.5, 0.6) is 0 Å². The SMILES string of the molecule is CN(C(=O)C1CCC1)C1CCC(CC(=O)Nc2cnc(-c3ccc(C(C)(C)N)cc3)c(-c3ccccc3)c2)CC1. The molecule has 0 aliphatic heterocycles. The second-order valence-corrected chi connectivity index (χ2v) is 12.3. The maximum atomic E-state index is 13.1. The maximum absolute atomic E-state index is 13.1. The Balaban J connectivity index is 1.25. The van der Waals surface area contributed by atoms with Crippen LogP contribution in [0.25, 0.3) is 22.4 Å². The van der Waals surface area contributed by atoms with Gasteiger partial charge in [-0.05, 0) is 75.5 Å². The van der Waals surface area contributed by atoms with E-state index in [1.807, 2.05) is 50.1 Å². The largest absolute Gasteiger partial charge is 0.343 e. The van der Waals surface area contributed by atoms with Crippen LogP contribution in [-0.4, -0.2) is 34.8 Å². The molecular weight excluding hydrogens is 496 g/mol. The van der Waals surface area contributed by atoms with E-state index in [2.05, 4.69) is 41.7 Å². The Bertz CT molecular complexity index is 1320. The number of rotatable bonds is 8. The first-order valence-electron chi connectivity index (χ1n) is 14.7. The Hall–Kier alpha value is -3.51. The van der Waals surface area contributed by atoms with Gasteiger partial charge in [-0.3, -0.25) is 14.6 Å². The van der Waals surface area contributed by atoms with E-state index >= 15 is 0 Å². The Morgan fingerprint density at radius 1 is 0.950 bits per heavy atom. The fourth-order valence-electron chi connectivity index (χ4n) is 5.99. The lowest BCUT2D eigenvalue weighted by Crippen LogP contribution is -2.44. The minimum Gasteiger partial charge on any atom is -0.343 e. The van der Waals surface area contributed by atoms with Crippen LogP contribution in [-0.2, 0) is 15.1 Å². The standard InChI is InChI=1S/C34H42N4O2/c1-34(2,35)27-16-14-25(15-17-27)32-30(24-8-5-4-6-9-24)21-28(22-36-32)37-31(39)20-23-12-18-29(19-13-23)38(3)33(40)26-10-7-11-26/h4-6,8-9,14-17,21-23,26,29H,7,10-13,18-20,35H2,1-3H3,(H,37,39). The molecule has 0 saturated heterocycles. The summed E-state index contributed by atoms with van der Waals surface area (Å²) >= 11 is 0. The van der Waals surface area contributed by atoms with Gasteiger partial charge in [-0.1, -0.05) is 61.0 Å². The molecule has 0 spiro atoms. The molecule has 2 fully saturated rings. The summed E-state index contributed by atoms with van der Waals surface area (Å²) in [6.45, 7) is 3.99. The molecule has 1 aromatic heterocycles. The zero-order valence-electron chi connectivity index (χ0n) is 24.0. The summed E-state index contributed by atoms with van der Waals surface area (Å²) in [6, 6.07) is 20.7. The molecule has 210 valence electrons. The van der Waals surface area contributed by atoms with Crippen molar-refractivity contribution in [3.8, 4) is 22.4 Å². The maximum Gasteiger partial charge on any atom is 0.225 e. The minimum atomic E-state index is -0.412. The highest BCUT2D eigenvalue weighted by Crippen LogP contribution is 2.35. The molecule has 2 amide bonds. The predicted molar refractivity (Wildman–Crippen MR) is 161 cm³/mol. The number of carbonyl (C=O) groups excluding carboxylic acids is 2. The van der Waals surface area contributed by atoms with Crippen molar-refractivity contribution in [2.75, 3.05) is 12.4 Å². The van der Waals surface area contributed by atoms with Gasteiger partial charge in [0.2, 0.25) is 11.8 Å². The van der Waals surface area contributed by atoms with Crippen LogP contribution in [0.3, 0.4) is 0 Å². The summed E-state index contributed by atoms with van der Waals surface area (Å²) in [5.74, 6) is 0.920. The molecule has 6 heteroatoms. The number of nitrogens with zero attached hydrogens (tertiary/aromatic N) is 2. The number of hydrogen-bond donors (Lipinski definition) is 2. The highest BCUT2D eigenvalue weighted by molar-refractivity contribution is 5.93. The van der Waals surface area contributed by atoms with E-state index < -0.39 is 5.54 Å². The molecule has 2 aliphatic rings. The van der Waals surface area contributed by atoms with Crippen LogP contribution >= 0.6 is 0 Å². The minimum absolute atomic E-state index is 0.0189. The van der Waals surface area contributed by atoms with Gasteiger partial charge in [-0.2, -0.15) is 0 Å². The number of benzene rings is 2. The fraction of sp³-hybridized carbons (Fsp3) is 0.441. The summed E-state index contributed by atoms with van der Waals surface area (Å²) in [7, 11) is 1.96. The Morgan fingerprint density at radius 3 is 2.23 bits per heavy atom. The van der Waals surface area contributed by atoms with Gasteiger partial charge >= 0.3 is 0 Å². The van der Waals surface area contributed by atoms with Crippen LogP contribution in [0.4, 0.5) is 5.69 Å². The first-order valence-corrected chi connectivity index (χ1v) is 14.7. The number of nitrogens with two attached hydrogens (primary N) is 1. The molecule has 0 unspecified atom stereocenters. The van der Waals surface area contributed by atoms with E-state index in [1.54, 1.807) is 6.20 Å². The Labute approximate surface area is 238 Å². The third kappa shape index (κ3) is 6.44. The van der Waals surface area contributed by atoms with Gasteiger partial charge in [0.25, 0.3) is 0 Å². The number of aromatic nitrogens is 1. The lowest BCUT2D eigenvalue weighted by Gasteiger charge is -2.38. The van der Waals surface area contributed by atoms with Crippen molar-refractivity contribution in [1.82, 2.24) is 9.88 Å². The zero-order chi connectivity index (χ0) is 28.3. The highest BCUT2D eigenvalue weighted by atomic mass is 16.2. The van der Waals surface area contributed by atoms with Crippen molar-refractivity contribution in [3.05, 3.63) is 72.4 Å². The molecule has 2 aliphatic carbocycles. The third-order valence-electron chi connectivity index (χ3n) is 8.80. The van der Waals surface area contributed by atoms with E-state index in [1.165, 1.54) is 6.42 Å². The van der Waals surface area contributed by atoms with Crippen molar-refractivity contribution in [2.24, 2.45) is 17.6 Å². The molecule has 0 atom stereocenters. The van der Waals surface area contributed by atoms with Crippen molar-refractivity contribution < 1.29 is 9.59 Å². The average molecular weight is 539 g/mol. The lowest BCUT2D eigenvalue weighted by molar-refractivity contribution is -0.139. The van der Waals surface area contributed by atoms with Crippen LogP contribution in [0.2, 0.25) is 0 Å². The van der Waals surface area contributed by atoms with Crippen molar-refractivity contribution in [3.63, 3.8) is 0 Å². The second kappa shape index (κ2) is 11.9. The Morgan fingerprint density at radius 2 is 1.62 bits per heavy atom. The summed E-state index contributed by atoms with van der Waals surface area (Å²) in [5, 5.41) is 3.11. The number of amides is 2. The smallest absolute Gasteiger partial charge is 0.225 e. The Kier molecular flexibility index (Phi) is 8.36. The van der Waals surface area contributed by atoms with Gasteiger partial charge in [0.05, 0.1) is 17.6 Å². The topological polar surface area (TPSA) is 88.3 Å². The van der Waals surface area contributed by atoms with Gasteiger partial charge in [-0.25, -0.2) is 0 Å². The van der Waals surface area contributed by atoms with Gasteiger partial charge in [0, 0.05) is 42.1 Å². The number of hydrogen-bond acceptors (Lipinski definition) is 4. The number of pyridine rings is 1. The fourth-order valence-corrected chi connectivity index (χ4v) is 5.99. The van der Waals surface area contributed by atoms with Crippen LogP contribution < -0.4 is 11.1 Å². The molecule has 2 aromatic carbocycles. The molecule has 5 rings (SSSR count). The molecular formula is C34H42N4O2. The molecule has 3 N–H and O–H groups in total. The summed E-state index contributed by atoms with van der Waals surface area (Å²) in [6.07, 6.45) is 9.40. The molecule has 0 radical (unpaired) electrons. The van der Waals surface area contributed by atoms with Crippen molar-refractivity contribution in [1.29, 1.82) is 0 Å². The van der Waals surface area contributed by atoms with Crippen LogP contribution in [0, 0.1) is 11.8 Å². The first kappa shape index (κ1) is 28.0. The molecule has 6 nitrogen and oxygen atoms in total. The zero-order valence-corrected chi connectivity index (χ0v) is 24.0. The van der Waals surface area contributed by atoms with Crippen LogP contribution in [0.1, 0.15) is 70.8 Å². The third-order valence-corrected chi connectivity index (χ3v) is 8.80. The number of anilines is 1. The summed E-state index contributed by atoms with van der Waals surface area (Å²) < 4.78 is 0. The quantitative estimate of drug-likeness (QED) is 0.332. The molecule has 1 heterocycles.